The molecule has 4 nitrogen and oxygen atoms in total. The zero-order chi connectivity index (χ0) is 11.3. The molecule has 1 heterocycles. The fraction of sp³-hybridized carbons (Fsp3) is 0.273. The summed E-state index contributed by atoms with van der Waals surface area (Å²) in [5, 5.41) is 9.47. The van der Waals surface area contributed by atoms with E-state index < -0.39 is 18.2 Å². The van der Waals surface area contributed by atoms with Crippen LogP contribution in [-0.2, 0) is 9.53 Å². The molecule has 0 spiro atoms. The first-order valence-corrected chi connectivity index (χ1v) is 4.56. The Bertz CT molecular complexity index is 335. The highest BCUT2D eigenvalue weighted by Gasteiger charge is 2.20. The maximum atomic E-state index is 11.0. The van der Waals surface area contributed by atoms with Crippen molar-refractivity contribution < 1.29 is 14.6 Å². The van der Waals surface area contributed by atoms with Crippen molar-refractivity contribution in [3.05, 3.63) is 42.7 Å². The Morgan fingerprint density at radius 1 is 1.73 bits per heavy atom. The predicted molar refractivity (Wildman–Crippen MR) is 54.9 cm³/mol. The number of nitrogens with zero attached hydrogens (tertiary/aromatic N) is 1. The molecule has 80 valence electrons. The van der Waals surface area contributed by atoms with Crippen LogP contribution in [0.3, 0.4) is 0 Å². The third kappa shape index (κ3) is 3.18. The van der Waals surface area contributed by atoms with Crippen molar-refractivity contribution in [3.63, 3.8) is 0 Å². The van der Waals surface area contributed by atoms with Crippen LogP contribution in [-0.4, -0.2) is 22.2 Å². The highest BCUT2D eigenvalue weighted by atomic mass is 16.6. The minimum Gasteiger partial charge on any atom is -0.452 e. The van der Waals surface area contributed by atoms with Crippen LogP contribution >= 0.6 is 0 Å². The van der Waals surface area contributed by atoms with Crippen molar-refractivity contribution in [1.82, 2.24) is 4.98 Å². The van der Waals surface area contributed by atoms with E-state index in [0.29, 0.717) is 5.56 Å². The number of carbonyl (C=O) groups is 1. The Hall–Kier alpha value is -1.68. The van der Waals surface area contributed by atoms with Crippen molar-refractivity contribution in [1.29, 1.82) is 0 Å². The fourth-order valence-electron chi connectivity index (χ4n) is 1.16. The molecule has 0 fully saturated rings. The third-order valence-corrected chi connectivity index (χ3v) is 1.86. The lowest BCUT2D eigenvalue weighted by Crippen LogP contribution is -2.20. The van der Waals surface area contributed by atoms with E-state index >= 15 is 0 Å². The molecule has 0 amide bonds. The van der Waals surface area contributed by atoms with Gasteiger partial charge >= 0.3 is 5.97 Å². The Balaban J connectivity index is 2.84. The highest BCUT2D eigenvalue weighted by Crippen LogP contribution is 2.20. The number of rotatable bonds is 4. The summed E-state index contributed by atoms with van der Waals surface area (Å²) >= 11 is 0. The summed E-state index contributed by atoms with van der Waals surface area (Å²) in [6, 6.07) is 3.45. The second-order valence-electron chi connectivity index (χ2n) is 3.09. The smallest absolute Gasteiger partial charge is 0.330 e. The van der Waals surface area contributed by atoms with Gasteiger partial charge in [-0.25, -0.2) is 4.79 Å². The number of aliphatic hydroxyl groups excluding tert-OH is 1. The fourth-order valence-corrected chi connectivity index (χ4v) is 1.16. The molecule has 0 radical (unpaired) electrons. The summed E-state index contributed by atoms with van der Waals surface area (Å²) in [5.74, 6) is -0.565. The number of aromatic nitrogens is 1. The molecule has 0 aliphatic rings. The molecule has 0 aliphatic carbocycles. The van der Waals surface area contributed by atoms with Crippen molar-refractivity contribution in [2.45, 2.75) is 19.1 Å². The van der Waals surface area contributed by atoms with Crippen molar-refractivity contribution in [2.24, 2.45) is 0 Å². The Morgan fingerprint density at radius 2 is 2.47 bits per heavy atom. The van der Waals surface area contributed by atoms with Crippen LogP contribution < -0.4 is 0 Å². The topological polar surface area (TPSA) is 59.4 Å². The first-order chi connectivity index (χ1) is 7.15. The first-order valence-electron chi connectivity index (χ1n) is 4.56. The van der Waals surface area contributed by atoms with Crippen molar-refractivity contribution in [2.75, 3.05) is 0 Å². The largest absolute Gasteiger partial charge is 0.452 e. The number of carbonyl (C=O) groups excluding carboxylic acids is 1. The zero-order valence-electron chi connectivity index (χ0n) is 8.46. The van der Waals surface area contributed by atoms with Crippen LogP contribution in [0, 0.1) is 0 Å². The molecular weight excluding hydrogens is 194 g/mol. The Labute approximate surface area is 88.2 Å². The first kappa shape index (κ1) is 11.4. The minimum absolute atomic E-state index is 0.565. The van der Waals surface area contributed by atoms with Gasteiger partial charge in [0.15, 0.2) is 6.10 Å². The average molecular weight is 207 g/mol. The van der Waals surface area contributed by atoms with E-state index in [0.717, 1.165) is 6.08 Å². The number of hydrogen-bond acceptors (Lipinski definition) is 4. The van der Waals surface area contributed by atoms with E-state index in [1.54, 1.807) is 31.5 Å². The molecule has 4 heteroatoms. The van der Waals surface area contributed by atoms with Gasteiger partial charge in [-0.1, -0.05) is 12.6 Å². The second kappa shape index (κ2) is 5.26. The van der Waals surface area contributed by atoms with E-state index in [9.17, 15) is 9.90 Å². The maximum Gasteiger partial charge on any atom is 0.330 e. The molecule has 15 heavy (non-hydrogen) atoms. The molecule has 2 atom stereocenters. The molecule has 0 bridgehead atoms. The summed E-state index contributed by atoms with van der Waals surface area (Å²) in [4.78, 5) is 14.9. The summed E-state index contributed by atoms with van der Waals surface area (Å²) in [7, 11) is 0. The number of esters is 1. The maximum absolute atomic E-state index is 11.0. The number of pyridine rings is 1. The molecular formula is C11H13NO3. The Morgan fingerprint density at radius 3 is 2.93 bits per heavy atom. The molecule has 0 aromatic carbocycles. The van der Waals surface area contributed by atoms with Gasteiger partial charge in [0, 0.05) is 24.0 Å². The minimum atomic E-state index is -0.793. The van der Waals surface area contributed by atoms with Gasteiger partial charge in [-0.3, -0.25) is 4.98 Å². The van der Waals surface area contributed by atoms with Gasteiger partial charge in [-0.05, 0) is 13.0 Å². The van der Waals surface area contributed by atoms with Gasteiger partial charge in [-0.15, -0.1) is 0 Å². The standard InChI is InChI=1S/C11H13NO3/c1-3-10(14)15-11(8(2)13)9-5-4-6-12-7-9/h3-8,11,13H,1H2,2H3. The molecule has 2 unspecified atom stereocenters. The molecule has 1 aromatic heterocycles. The summed E-state index contributed by atoms with van der Waals surface area (Å²) in [6.45, 7) is 4.84. The van der Waals surface area contributed by atoms with Gasteiger partial charge in [0.1, 0.15) is 0 Å². The normalized spacial score (nSPS) is 14.0. The van der Waals surface area contributed by atoms with E-state index in [1.165, 1.54) is 0 Å². The lowest BCUT2D eigenvalue weighted by molar-refractivity contribution is -0.148. The second-order valence-corrected chi connectivity index (χ2v) is 3.09. The van der Waals surface area contributed by atoms with Gasteiger partial charge < -0.3 is 9.84 Å². The van der Waals surface area contributed by atoms with Gasteiger partial charge in [0.25, 0.3) is 0 Å². The number of hydrogen-bond donors (Lipinski definition) is 1. The molecule has 0 saturated heterocycles. The van der Waals surface area contributed by atoms with Crippen LogP contribution in [0.15, 0.2) is 37.2 Å². The predicted octanol–water partition coefficient (Wildman–Crippen LogP) is 1.23. The van der Waals surface area contributed by atoms with Gasteiger partial charge in [0.05, 0.1) is 6.10 Å². The van der Waals surface area contributed by atoms with Crippen molar-refractivity contribution in [3.8, 4) is 0 Å². The van der Waals surface area contributed by atoms with E-state index in [-0.39, 0.29) is 0 Å². The quantitative estimate of drug-likeness (QED) is 0.596. The molecule has 1 N–H and O–H groups in total. The van der Waals surface area contributed by atoms with Gasteiger partial charge in [-0.2, -0.15) is 0 Å². The lowest BCUT2D eigenvalue weighted by Gasteiger charge is -2.19. The SMILES string of the molecule is C=CC(=O)OC(c1cccnc1)C(C)O. The molecule has 0 saturated carbocycles. The highest BCUT2D eigenvalue weighted by molar-refractivity contribution is 5.81. The van der Waals surface area contributed by atoms with Crippen LogP contribution in [0.25, 0.3) is 0 Å². The van der Waals surface area contributed by atoms with E-state index in [1.807, 2.05) is 0 Å². The van der Waals surface area contributed by atoms with E-state index in [2.05, 4.69) is 11.6 Å². The summed E-state index contributed by atoms with van der Waals surface area (Å²) in [5.41, 5.74) is 0.655. The van der Waals surface area contributed by atoms with Crippen LogP contribution in [0.5, 0.6) is 0 Å². The molecule has 1 aromatic rings. The van der Waals surface area contributed by atoms with Gasteiger partial charge in [0.2, 0.25) is 0 Å². The molecule has 0 aliphatic heterocycles. The number of ether oxygens (including phenoxy) is 1. The monoisotopic (exact) mass is 207 g/mol. The summed E-state index contributed by atoms with van der Waals surface area (Å²) in [6.07, 6.45) is 2.72. The third-order valence-electron chi connectivity index (χ3n) is 1.86. The lowest BCUT2D eigenvalue weighted by atomic mass is 10.1. The van der Waals surface area contributed by atoms with Crippen LogP contribution in [0.1, 0.15) is 18.6 Å². The average Bonchev–Trinajstić information content (AvgIpc) is 2.26. The zero-order valence-corrected chi connectivity index (χ0v) is 8.46. The number of aliphatic hydroxyl groups is 1. The van der Waals surface area contributed by atoms with Crippen LogP contribution in [0.2, 0.25) is 0 Å². The summed E-state index contributed by atoms with van der Waals surface area (Å²) < 4.78 is 5.00. The van der Waals surface area contributed by atoms with E-state index in [4.69, 9.17) is 4.74 Å². The van der Waals surface area contributed by atoms with Crippen molar-refractivity contribution >= 4 is 5.97 Å². The molecule has 1 rings (SSSR count). The van der Waals surface area contributed by atoms with Crippen LogP contribution in [0.4, 0.5) is 0 Å². The Kier molecular flexibility index (Phi) is 4.00.